The summed E-state index contributed by atoms with van der Waals surface area (Å²) < 4.78 is 0. The highest BCUT2D eigenvalue weighted by Crippen LogP contribution is 2.18. The molecule has 0 radical (unpaired) electrons. The number of H-pyrrole nitrogens is 1. The Balaban J connectivity index is 1.92. The number of para-hydroxylation sites is 1. The molecule has 1 aromatic carbocycles. The van der Waals surface area contributed by atoms with Gasteiger partial charge in [0.1, 0.15) is 5.52 Å². The van der Waals surface area contributed by atoms with Crippen LogP contribution in [0.15, 0.2) is 24.5 Å². The molecule has 1 unspecified atom stereocenters. The minimum Gasteiger partial charge on any atom is -0.345 e. The van der Waals surface area contributed by atoms with Gasteiger partial charge in [0.05, 0.1) is 23.1 Å². The van der Waals surface area contributed by atoms with Crippen molar-refractivity contribution in [2.24, 2.45) is 0 Å². The Morgan fingerprint density at radius 1 is 1.53 bits per heavy atom. The number of carbonyl (C=O) groups is 1. The van der Waals surface area contributed by atoms with Gasteiger partial charge in [-0.15, -0.1) is 0 Å². The van der Waals surface area contributed by atoms with Crippen molar-refractivity contribution in [1.29, 1.82) is 0 Å². The van der Waals surface area contributed by atoms with Gasteiger partial charge in [-0.1, -0.05) is 6.07 Å². The van der Waals surface area contributed by atoms with Crippen molar-refractivity contribution in [3.63, 3.8) is 0 Å². The molecule has 1 atom stereocenters. The van der Waals surface area contributed by atoms with E-state index in [9.17, 15) is 4.79 Å². The number of imidazole rings is 1. The number of amides is 1. The Morgan fingerprint density at radius 3 is 3.06 bits per heavy atom. The van der Waals surface area contributed by atoms with Crippen molar-refractivity contribution in [3.8, 4) is 0 Å². The molecular weight excluding hydrogens is 216 g/mol. The first-order valence-corrected chi connectivity index (χ1v) is 5.68. The highest BCUT2D eigenvalue weighted by atomic mass is 16.2. The van der Waals surface area contributed by atoms with E-state index in [-0.39, 0.29) is 11.6 Å². The maximum absolute atomic E-state index is 12.2. The fraction of sp³-hybridized carbons (Fsp3) is 0.333. The van der Waals surface area contributed by atoms with Gasteiger partial charge in [-0.05, 0) is 25.5 Å². The van der Waals surface area contributed by atoms with E-state index in [1.54, 1.807) is 12.4 Å². The second kappa shape index (κ2) is 3.56. The summed E-state index contributed by atoms with van der Waals surface area (Å²) in [5, 5.41) is 6.19. The average molecular weight is 230 g/mol. The van der Waals surface area contributed by atoms with Crippen LogP contribution in [-0.2, 0) is 0 Å². The average Bonchev–Trinajstić information content (AvgIpc) is 2.74. The molecule has 0 spiro atoms. The van der Waals surface area contributed by atoms with Crippen LogP contribution in [0.3, 0.4) is 0 Å². The molecule has 0 bridgehead atoms. The Bertz CT molecular complexity index is 571. The zero-order chi connectivity index (χ0) is 11.9. The van der Waals surface area contributed by atoms with Gasteiger partial charge in [-0.25, -0.2) is 4.98 Å². The van der Waals surface area contributed by atoms with Crippen LogP contribution in [0.4, 0.5) is 0 Å². The highest BCUT2D eigenvalue weighted by molar-refractivity contribution is 6.05. The lowest BCUT2D eigenvalue weighted by Crippen LogP contribution is -2.65. The summed E-state index contributed by atoms with van der Waals surface area (Å²) in [6.07, 6.45) is 2.56. The second-order valence-electron chi connectivity index (χ2n) is 4.57. The van der Waals surface area contributed by atoms with E-state index in [2.05, 4.69) is 20.6 Å². The molecule has 88 valence electrons. The number of carbonyl (C=O) groups excluding carboxylic acids is 1. The third kappa shape index (κ3) is 1.68. The molecule has 1 aliphatic rings. The molecule has 1 fully saturated rings. The van der Waals surface area contributed by atoms with Gasteiger partial charge in [0.25, 0.3) is 5.91 Å². The van der Waals surface area contributed by atoms with E-state index in [0.717, 1.165) is 18.5 Å². The second-order valence-corrected chi connectivity index (χ2v) is 4.57. The molecule has 1 amide bonds. The van der Waals surface area contributed by atoms with Gasteiger partial charge in [0, 0.05) is 6.54 Å². The summed E-state index contributed by atoms with van der Waals surface area (Å²) in [7, 11) is 0. The monoisotopic (exact) mass is 230 g/mol. The van der Waals surface area contributed by atoms with Crippen molar-refractivity contribution >= 4 is 16.9 Å². The first-order valence-electron chi connectivity index (χ1n) is 5.68. The summed E-state index contributed by atoms with van der Waals surface area (Å²) in [5.74, 6) is -0.0857. The first-order chi connectivity index (χ1) is 8.18. The maximum atomic E-state index is 12.2. The molecule has 17 heavy (non-hydrogen) atoms. The van der Waals surface area contributed by atoms with Crippen molar-refractivity contribution in [1.82, 2.24) is 20.6 Å². The number of hydrogen-bond donors (Lipinski definition) is 3. The number of fused-ring (bicyclic) bond motifs is 1. The lowest BCUT2D eigenvalue weighted by molar-refractivity contribution is 0.0823. The number of rotatable bonds is 2. The molecule has 2 aromatic rings. The Labute approximate surface area is 98.6 Å². The van der Waals surface area contributed by atoms with Crippen LogP contribution < -0.4 is 10.6 Å². The van der Waals surface area contributed by atoms with Gasteiger partial charge in [0.15, 0.2) is 0 Å². The normalized spacial score (nSPS) is 23.4. The quantitative estimate of drug-likeness (QED) is 0.721. The molecule has 1 aromatic heterocycles. The number of benzene rings is 1. The molecule has 1 aliphatic heterocycles. The van der Waals surface area contributed by atoms with Gasteiger partial charge in [-0.2, -0.15) is 0 Å². The zero-order valence-electron chi connectivity index (χ0n) is 9.58. The van der Waals surface area contributed by atoms with E-state index < -0.39 is 0 Å². The van der Waals surface area contributed by atoms with Crippen LogP contribution in [0.25, 0.3) is 11.0 Å². The molecule has 3 rings (SSSR count). The number of nitrogens with one attached hydrogen (secondary N) is 3. The first kappa shape index (κ1) is 10.3. The molecular formula is C12H14N4O. The van der Waals surface area contributed by atoms with Crippen molar-refractivity contribution in [3.05, 3.63) is 30.1 Å². The van der Waals surface area contributed by atoms with Crippen LogP contribution in [0.2, 0.25) is 0 Å². The SMILES string of the molecule is CC1(NC(=O)c2cccc3[nH]cnc23)CCN1. The van der Waals surface area contributed by atoms with Crippen molar-refractivity contribution in [2.75, 3.05) is 6.54 Å². The molecule has 2 heterocycles. The largest absolute Gasteiger partial charge is 0.345 e. The Hall–Kier alpha value is -1.88. The zero-order valence-corrected chi connectivity index (χ0v) is 9.58. The summed E-state index contributed by atoms with van der Waals surface area (Å²) >= 11 is 0. The topological polar surface area (TPSA) is 69.8 Å². The summed E-state index contributed by atoms with van der Waals surface area (Å²) in [6.45, 7) is 2.93. The minimum atomic E-state index is -0.268. The highest BCUT2D eigenvalue weighted by Gasteiger charge is 2.33. The van der Waals surface area contributed by atoms with Gasteiger partial charge < -0.3 is 10.3 Å². The van der Waals surface area contributed by atoms with E-state index in [4.69, 9.17) is 0 Å². The fourth-order valence-electron chi connectivity index (χ4n) is 2.07. The van der Waals surface area contributed by atoms with Gasteiger partial charge in [0.2, 0.25) is 0 Å². The predicted molar refractivity (Wildman–Crippen MR) is 64.6 cm³/mol. The van der Waals surface area contributed by atoms with Gasteiger partial charge >= 0.3 is 0 Å². The molecule has 0 saturated carbocycles. The third-order valence-corrected chi connectivity index (χ3v) is 3.22. The Kier molecular flexibility index (Phi) is 2.16. The Morgan fingerprint density at radius 2 is 2.35 bits per heavy atom. The lowest BCUT2D eigenvalue weighted by Gasteiger charge is -2.40. The molecule has 5 nitrogen and oxygen atoms in total. The molecule has 5 heteroatoms. The fourth-order valence-corrected chi connectivity index (χ4v) is 2.07. The van der Waals surface area contributed by atoms with Gasteiger partial charge in [-0.3, -0.25) is 10.1 Å². The summed E-state index contributed by atoms with van der Waals surface area (Å²) in [6, 6.07) is 5.55. The third-order valence-electron chi connectivity index (χ3n) is 3.22. The lowest BCUT2D eigenvalue weighted by atomic mass is 10.00. The van der Waals surface area contributed by atoms with E-state index in [1.165, 1.54) is 0 Å². The van der Waals surface area contributed by atoms with Crippen molar-refractivity contribution < 1.29 is 4.79 Å². The molecule has 1 saturated heterocycles. The van der Waals surface area contributed by atoms with Crippen LogP contribution >= 0.6 is 0 Å². The standard InChI is InChI=1S/C12H14N4O/c1-12(5-6-15-12)16-11(17)8-3-2-4-9-10(8)14-7-13-9/h2-4,7,15H,5-6H2,1H3,(H,13,14)(H,16,17). The number of hydrogen-bond acceptors (Lipinski definition) is 3. The van der Waals surface area contributed by atoms with Crippen LogP contribution in [0, 0.1) is 0 Å². The number of aromatic amines is 1. The van der Waals surface area contributed by atoms with E-state index in [0.29, 0.717) is 11.1 Å². The number of aromatic nitrogens is 2. The summed E-state index contributed by atoms with van der Waals surface area (Å²) in [4.78, 5) is 19.3. The molecule has 0 aliphatic carbocycles. The van der Waals surface area contributed by atoms with Crippen LogP contribution in [0.1, 0.15) is 23.7 Å². The smallest absolute Gasteiger partial charge is 0.254 e. The minimum absolute atomic E-state index is 0.0857. The summed E-state index contributed by atoms with van der Waals surface area (Å²) in [5.41, 5.74) is 1.94. The van der Waals surface area contributed by atoms with E-state index in [1.807, 2.05) is 19.1 Å². The molecule has 3 N–H and O–H groups in total. The maximum Gasteiger partial charge on any atom is 0.254 e. The van der Waals surface area contributed by atoms with Crippen LogP contribution in [-0.4, -0.2) is 28.1 Å². The number of nitrogens with zero attached hydrogens (tertiary/aromatic N) is 1. The predicted octanol–water partition coefficient (Wildman–Crippen LogP) is 1.00. The van der Waals surface area contributed by atoms with Crippen molar-refractivity contribution in [2.45, 2.75) is 19.0 Å². The van der Waals surface area contributed by atoms with E-state index >= 15 is 0 Å². The van der Waals surface area contributed by atoms with Crippen LogP contribution in [0.5, 0.6) is 0 Å².